The van der Waals surface area contributed by atoms with E-state index in [2.05, 4.69) is 9.80 Å². The summed E-state index contributed by atoms with van der Waals surface area (Å²) in [6, 6.07) is 4.24. The Balaban J connectivity index is 1.42. The topological polar surface area (TPSA) is 48.8 Å². The number of aromatic nitrogens is 1. The number of pyridine rings is 1. The maximum atomic E-state index is 12.9. The van der Waals surface area contributed by atoms with Crippen molar-refractivity contribution in [2.75, 3.05) is 45.8 Å². The highest BCUT2D eigenvalue weighted by Crippen LogP contribution is 2.31. The summed E-state index contributed by atoms with van der Waals surface area (Å²) in [7, 11) is 0. The van der Waals surface area contributed by atoms with Gasteiger partial charge in [0.25, 0.3) is 11.5 Å². The average Bonchev–Trinajstić information content (AvgIpc) is 2.69. The second-order valence-corrected chi connectivity index (χ2v) is 7.97. The van der Waals surface area contributed by atoms with Crippen molar-refractivity contribution in [3.05, 3.63) is 33.7 Å². The molecule has 2 bridgehead atoms. The van der Waals surface area contributed by atoms with Gasteiger partial charge in [-0.15, -0.1) is 0 Å². The summed E-state index contributed by atoms with van der Waals surface area (Å²) >= 11 is 0. The number of nitrogens with zero attached hydrogens (tertiary/aromatic N) is 4. The minimum Gasteiger partial charge on any atom is -0.336 e. The number of aryl methyl sites for hydroxylation is 1. The molecule has 5 rings (SSSR count). The Morgan fingerprint density at radius 2 is 1.77 bits per heavy atom. The first-order valence-corrected chi connectivity index (χ1v) is 10.0. The van der Waals surface area contributed by atoms with Crippen LogP contribution in [-0.2, 0) is 6.54 Å². The first-order valence-electron chi connectivity index (χ1n) is 10.0. The van der Waals surface area contributed by atoms with Crippen LogP contribution in [0.1, 0.15) is 35.8 Å². The number of carbonyl (C=O) groups is 1. The van der Waals surface area contributed by atoms with Gasteiger partial charge in [-0.1, -0.05) is 0 Å². The average molecular weight is 358 g/mol. The summed E-state index contributed by atoms with van der Waals surface area (Å²) in [5, 5.41) is 0. The van der Waals surface area contributed by atoms with Crippen molar-refractivity contribution in [2.45, 2.75) is 39.3 Å². The summed E-state index contributed by atoms with van der Waals surface area (Å²) in [4.78, 5) is 32.5. The van der Waals surface area contributed by atoms with Crippen LogP contribution in [0.3, 0.4) is 0 Å². The van der Waals surface area contributed by atoms with E-state index in [0.29, 0.717) is 18.2 Å². The predicted molar refractivity (Wildman–Crippen MR) is 102 cm³/mol. The highest BCUT2D eigenvalue weighted by Gasteiger charge is 2.38. The van der Waals surface area contributed by atoms with Gasteiger partial charge in [-0.05, 0) is 57.8 Å². The summed E-state index contributed by atoms with van der Waals surface area (Å²) < 4.78 is 1.68. The standard InChI is InChI=1S/C20H30N4O2/c1-3-24-15(2)4-5-17(20(24)26)19(25)23-12-10-22(11-13-23)18-14-21-8-6-16(18)7-9-21/h4-5,16,18H,3,6-14H2,1-2H3/t18-/m0/s1. The molecule has 0 N–H and O–H groups in total. The van der Waals surface area contributed by atoms with Crippen molar-refractivity contribution in [3.63, 3.8) is 0 Å². The molecule has 6 nitrogen and oxygen atoms in total. The highest BCUT2D eigenvalue weighted by molar-refractivity contribution is 5.94. The molecule has 5 heterocycles. The van der Waals surface area contributed by atoms with Crippen LogP contribution in [0, 0.1) is 12.8 Å². The van der Waals surface area contributed by atoms with Crippen molar-refractivity contribution in [3.8, 4) is 0 Å². The third kappa shape index (κ3) is 3.09. The van der Waals surface area contributed by atoms with Gasteiger partial charge in [0.2, 0.25) is 0 Å². The second-order valence-electron chi connectivity index (χ2n) is 7.97. The molecule has 1 aromatic heterocycles. The Bertz CT molecular complexity index is 728. The van der Waals surface area contributed by atoms with Crippen LogP contribution in [0.2, 0.25) is 0 Å². The van der Waals surface area contributed by atoms with E-state index in [-0.39, 0.29) is 11.5 Å². The smallest absolute Gasteiger partial charge is 0.263 e. The maximum absolute atomic E-state index is 12.9. The van der Waals surface area contributed by atoms with Crippen molar-refractivity contribution in [1.82, 2.24) is 19.3 Å². The van der Waals surface area contributed by atoms with Crippen molar-refractivity contribution >= 4 is 5.91 Å². The number of fused-ring (bicyclic) bond motifs is 3. The van der Waals surface area contributed by atoms with Gasteiger partial charge in [-0.2, -0.15) is 0 Å². The first-order chi connectivity index (χ1) is 12.6. The largest absolute Gasteiger partial charge is 0.336 e. The monoisotopic (exact) mass is 358 g/mol. The van der Waals surface area contributed by atoms with Crippen LogP contribution < -0.4 is 5.56 Å². The molecule has 6 heteroatoms. The van der Waals surface area contributed by atoms with Crippen LogP contribution in [0.4, 0.5) is 0 Å². The molecule has 0 spiro atoms. The Hall–Kier alpha value is -1.66. The zero-order valence-electron chi connectivity index (χ0n) is 16.0. The Kier molecular flexibility index (Phi) is 4.88. The first kappa shape index (κ1) is 17.7. The lowest BCUT2D eigenvalue weighted by Gasteiger charge is -2.51. The Morgan fingerprint density at radius 3 is 2.35 bits per heavy atom. The van der Waals surface area contributed by atoms with E-state index in [4.69, 9.17) is 0 Å². The Labute approximate surface area is 155 Å². The molecule has 0 aromatic carbocycles. The van der Waals surface area contributed by atoms with Crippen molar-refractivity contribution in [1.29, 1.82) is 0 Å². The molecule has 4 aliphatic rings. The number of carbonyl (C=O) groups excluding carboxylic acids is 1. The lowest BCUT2D eigenvalue weighted by Crippen LogP contribution is -2.61. The van der Waals surface area contributed by atoms with Gasteiger partial charge >= 0.3 is 0 Å². The summed E-state index contributed by atoms with van der Waals surface area (Å²) in [6.07, 6.45) is 2.65. The lowest BCUT2D eigenvalue weighted by atomic mass is 9.83. The minimum atomic E-state index is -0.155. The van der Waals surface area contributed by atoms with E-state index in [9.17, 15) is 9.59 Å². The van der Waals surface area contributed by atoms with Gasteiger partial charge < -0.3 is 14.4 Å². The molecule has 1 aromatic rings. The number of hydrogen-bond acceptors (Lipinski definition) is 4. The zero-order chi connectivity index (χ0) is 18.3. The van der Waals surface area contributed by atoms with Crippen LogP contribution in [0.25, 0.3) is 0 Å². The fraction of sp³-hybridized carbons (Fsp3) is 0.700. The lowest BCUT2D eigenvalue weighted by molar-refractivity contribution is -0.0131. The summed E-state index contributed by atoms with van der Waals surface area (Å²) in [5.41, 5.74) is 1.06. The van der Waals surface area contributed by atoms with E-state index in [1.165, 1.54) is 32.5 Å². The molecule has 4 aliphatic heterocycles. The van der Waals surface area contributed by atoms with Gasteiger partial charge in [0.1, 0.15) is 5.56 Å². The Morgan fingerprint density at radius 1 is 1.08 bits per heavy atom. The van der Waals surface area contributed by atoms with Gasteiger partial charge in [0.05, 0.1) is 0 Å². The third-order valence-corrected chi connectivity index (χ3v) is 6.63. The SMILES string of the molecule is CCn1c(C)ccc(C(=O)N2CCN([C@H]3CN4CCC3CC4)CC2)c1=O. The number of piperazine rings is 1. The molecule has 0 saturated carbocycles. The summed E-state index contributed by atoms with van der Waals surface area (Å²) in [6.45, 7) is 11.5. The third-order valence-electron chi connectivity index (χ3n) is 6.63. The molecule has 0 radical (unpaired) electrons. The molecule has 4 saturated heterocycles. The zero-order valence-corrected chi connectivity index (χ0v) is 16.0. The molecule has 0 aliphatic carbocycles. The molecule has 142 valence electrons. The molecule has 4 fully saturated rings. The highest BCUT2D eigenvalue weighted by atomic mass is 16.2. The van der Waals surface area contributed by atoms with E-state index < -0.39 is 0 Å². The molecular weight excluding hydrogens is 328 g/mol. The van der Waals surface area contributed by atoms with E-state index in [0.717, 1.165) is 37.8 Å². The number of rotatable bonds is 3. The number of piperidine rings is 3. The molecule has 26 heavy (non-hydrogen) atoms. The quantitative estimate of drug-likeness (QED) is 0.810. The van der Waals surface area contributed by atoms with Gasteiger partial charge in [-0.3, -0.25) is 14.5 Å². The summed E-state index contributed by atoms with van der Waals surface area (Å²) in [5.74, 6) is 0.724. The molecular formula is C20H30N4O2. The minimum absolute atomic E-state index is 0.106. The van der Waals surface area contributed by atoms with Gasteiger partial charge in [0, 0.05) is 51.0 Å². The number of hydrogen-bond donors (Lipinski definition) is 0. The fourth-order valence-corrected chi connectivity index (χ4v) is 5.00. The van der Waals surface area contributed by atoms with Crippen molar-refractivity contribution < 1.29 is 4.79 Å². The second kappa shape index (κ2) is 7.16. The normalized spacial score (nSPS) is 29.2. The fourth-order valence-electron chi connectivity index (χ4n) is 5.00. The van der Waals surface area contributed by atoms with Gasteiger partial charge in [0.15, 0.2) is 0 Å². The molecule has 0 unspecified atom stereocenters. The van der Waals surface area contributed by atoms with Gasteiger partial charge in [-0.25, -0.2) is 0 Å². The van der Waals surface area contributed by atoms with Crippen LogP contribution in [0.5, 0.6) is 0 Å². The van der Waals surface area contributed by atoms with E-state index in [1.54, 1.807) is 10.6 Å². The van der Waals surface area contributed by atoms with Crippen LogP contribution >= 0.6 is 0 Å². The van der Waals surface area contributed by atoms with E-state index >= 15 is 0 Å². The molecule has 1 amide bonds. The molecule has 1 atom stereocenters. The van der Waals surface area contributed by atoms with Crippen molar-refractivity contribution in [2.24, 2.45) is 5.92 Å². The predicted octanol–water partition coefficient (Wildman–Crippen LogP) is 1.03. The van der Waals surface area contributed by atoms with E-state index in [1.807, 2.05) is 24.8 Å². The maximum Gasteiger partial charge on any atom is 0.263 e. The van der Waals surface area contributed by atoms with Crippen LogP contribution in [-0.4, -0.2) is 77.0 Å². The number of amides is 1. The van der Waals surface area contributed by atoms with Crippen LogP contribution in [0.15, 0.2) is 16.9 Å².